The zero-order valence-corrected chi connectivity index (χ0v) is 18.1. The van der Waals surface area contributed by atoms with Crippen molar-refractivity contribution in [1.29, 1.82) is 0 Å². The Balaban J connectivity index is 1.26. The molecule has 2 aromatic carbocycles. The number of aromatic nitrogens is 4. The number of anilines is 2. The number of carbonyl (C=O) groups excluding carboxylic acids is 1. The Bertz CT molecular complexity index is 1280. The summed E-state index contributed by atoms with van der Waals surface area (Å²) in [4.78, 5) is 23.7. The fourth-order valence-corrected chi connectivity index (χ4v) is 4.05. The first-order valence-corrected chi connectivity index (χ1v) is 10.7. The first-order chi connectivity index (χ1) is 15.6. The van der Waals surface area contributed by atoms with Gasteiger partial charge in [-0.2, -0.15) is 5.10 Å². The summed E-state index contributed by atoms with van der Waals surface area (Å²) in [6, 6.07) is 16.1. The van der Waals surface area contributed by atoms with E-state index in [0.717, 1.165) is 35.4 Å². The standard InChI is InChI=1S/C24H25N7O/c1-16(27-22-14-25-21-13-26-30(2)23(21)29-22)18-8-5-9-20(12-18)28-24(32)31-11-10-17-6-3-4-7-19(17)15-31/h3-9,12-14,16H,10-11,15H2,1-2H3,(H,27,29)(H,28,32)/t16-/m0/s1. The molecular weight excluding hydrogens is 402 g/mol. The van der Waals surface area contributed by atoms with Crippen LogP contribution in [0.4, 0.5) is 16.3 Å². The number of hydrogen-bond donors (Lipinski definition) is 2. The van der Waals surface area contributed by atoms with Crippen LogP contribution in [0, 0.1) is 0 Å². The van der Waals surface area contributed by atoms with Crippen LogP contribution >= 0.6 is 0 Å². The van der Waals surface area contributed by atoms with E-state index in [2.05, 4.69) is 50.8 Å². The van der Waals surface area contributed by atoms with Gasteiger partial charge < -0.3 is 15.5 Å². The normalized spacial score (nSPS) is 14.1. The van der Waals surface area contributed by atoms with Crippen LogP contribution in [-0.4, -0.2) is 37.2 Å². The maximum absolute atomic E-state index is 12.9. The molecule has 0 saturated carbocycles. The molecule has 0 bridgehead atoms. The van der Waals surface area contributed by atoms with Crippen molar-refractivity contribution in [2.45, 2.75) is 25.9 Å². The number of fused-ring (bicyclic) bond motifs is 2. The van der Waals surface area contributed by atoms with Crippen molar-refractivity contribution in [3.05, 3.63) is 77.6 Å². The van der Waals surface area contributed by atoms with Crippen LogP contribution in [0.3, 0.4) is 0 Å². The lowest BCUT2D eigenvalue weighted by Crippen LogP contribution is -2.38. The molecule has 0 fully saturated rings. The van der Waals surface area contributed by atoms with E-state index in [0.29, 0.717) is 12.4 Å². The van der Waals surface area contributed by atoms with E-state index in [9.17, 15) is 4.79 Å². The van der Waals surface area contributed by atoms with Crippen LogP contribution in [0.2, 0.25) is 0 Å². The highest BCUT2D eigenvalue weighted by molar-refractivity contribution is 5.89. The van der Waals surface area contributed by atoms with E-state index in [4.69, 9.17) is 0 Å². The number of aryl methyl sites for hydroxylation is 1. The van der Waals surface area contributed by atoms with Crippen molar-refractivity contribution in [1.82, 2.24) is 24.6 Å². The smallest absolute Gasteiger partial charge is 0.322 e. The summed E-state index contributed by atoms with van der Waals surface area (Å²) in [7, 11) is 1.84. The lowest BCUT2D eigenvalue weighted by atomic mass is 10.0. The van der Waals surface area contributed by atoms with Gasteiger partial charge >= 0.3 is 6.03 Å². The van der Waals surface area contributed by atoms with Crippen LogP contribution in [0.5, 0.6) is 0 Å². The van der Waals surface area contributed by atoms with Crippen LogP contribution < -0.4 is 10.6 Å². The van der Waals surface area contributed by atoms with Crippen LogP contribution in [0.1, 0.15) is 29.7 Å². The topological polar surface area (TPSA) is 88.0 Å². The van der Waals surface area contributed by atoms with Gasteiger partial charge in [0.25, 0.3) is 0 Å². The van der Waals surface area contributed by atoms with E-state index < -0.39 is 0 Å². The fourth-order valence-electron chi connectivity index (χ4n) is 4.05. The maximum Gasteiger partial charge on any atom is 0.322 e. The van der Waals surface area contributed by atoms with Gasteiger partial charge in [0.05, 0.1) is 18.4 Å². The molecule has 1 atom stereocenters. The molecular formula is C24H25N7O. The highest BCUT2D eigenvalue weighted by Gasteiger charge is 2.20. The van der Waals surface area contributed by atoms with E-state index >= 15 is 0 Å². The average molecular weight is 428 g/mol. The van der Waals surface area contributed by atoms with E-state index in [1.165, 1.54) is 11.1 Å². The third kappa shape index (κ3) is 3.99. The molecule has 2 aromatic heterocycles. The van der Waals surface area contributed by atoms with Crippen molar-refractivity contribution in [2.24, 2.45) is 7.05 Å². The second-order valence-electron chi connectivity index (χ2n) is 8.09. The van der Waals surface area contributed by atoms with E-state index in [1.54, 1.807) is 17.1 Å². The first kappa shape index (κ1) is 20.0. The minimum absolute atomic E-state index is 0.0197. The van der Waals surface area contributed by atoms with Gasteiger partial charge in [0.1, 0.15) is 11.3 Å². The van der Waals surface area contributed by atoms with Crippen molar-refractivity contribution in [2.75, 3.05) is 17.2 Å². The molecule has 0 radical (unpaired) electrons. The number of hydrogen-bond acceptors (Lipinski definition) is 5. The van der Waals surface area contributed by atoms with Gasteiger partial charge in [-0.3, -0.25) is 0 Å². The second kappa shape index (κ2) is 8.30. The molecule has 32 heavy (non-hydrogen) atoms. The first-order valence-electron chi connectivity index (χ1n) is 10.7. The van der Waals surface area contributed by atoms with Crippen molar-refractivity contribution >= 4 is 28.7 Å². The van der Waals surface area contributed by atoms with E-state index in [-0.39, 0.29) is 12.1 Å². The van der Waals surface area contributed by atoms with Gasteiger partial charge in [-0.05, 0) is 42.2 Å². The molecule has 0 saturated heterocycles. The minimum Gasteiger partial charge on any atom is -0.362 e. The third-order valence-corrected chi connectivity index (χ3v) is 5.86. The second-order valence-corrected chi connectivity index (χ2v) is 8.09. The molecule has 2 N–H and O–H groups in total. The molecule has 0 aliphatic carbocycles. The maximum atomic E-state index is 12.9. The Labute approximate surface area is 186 Å². The lowest BCUT2D eigenvalue weighted by Gasteiger charge is -2.29. The average Bonchev–Trinajstić information content (AvgIpc) is 3.19. The number of urea groups is 1. The highest BCUT2D eigenvalue weighted by atomic mass is 16.2. The third-order valence-electron chi connectivity index (χ3n) is 5.86. The van der Waals surface area contributed by atoms with Crippen molar-refractivity contribution in [3.63, 3.8) is 0 Å². The predicted molar refractivity (Wildman–Crippen MR) is 124 cm³/mol. The molecule has 8 nitrogen and oxygen atoms in total. The van der Waals surface area contributed by atoms with E-state index in [1.807, 2.05) is 42.3 Å². The Morgan fingerprint density at radius 3 is 2.81 bits per heavy atom. The molecule has 4 aromatic rings. The van der Waals surface area contributed by atoms with Crippen LogP contribution in [-0.2, 0) is 20.0 Å². The molecule has 8 heteroatoms. The zero-order valence-electron chi connectivity index (χ0n) is 18.1. The summed E-state index contributed by atoms with van der Waals surface area (Å²) < 4.78 is 1.70. The summed E-state index contributed by atoms with van der Waals surface area (Å²) in [6.07, 6.45) is 4.29. The molecule has 0 unspecified atom stereocenters. The van der Waals surface area contributed by atoms with Crippen LogP contribution in [0.15, 0.2) is 60.9 Å². The van der Waals surface area contributed by atoms with Crippen molar-refractivity contribution < 1.29 is 4.79 Å². The minimum atomic E-state index is -0.0789. The Kier molecular flexibility index (Phi) is 5.18. The number of nitrogens with zero attached hydrogens (tertiary/aromatic N) is 5. The summed E-state index contributed by atoms with van der Waals surface area (Å²) >= 11 is 0. The largest absolute Gasteiger partial charge is 0.362 e. The fraction of sp³-hybridized carbons (Fsp3) is 0.250. The number of rotatable bonds is 4. The van der Waals surface area contributed by atoms with Gasteiger partial charge in [-0.25, -0.2) is 19.4 Å². The van der Waals surface area contributed by atoms with Gasteiger partial charge in [0.2, 0.25) is 0 Å². The van der Waals surface area contributed by atoms with Gasteiger partial charge in [0, 0.05) is 25.8 Å². The van der Waals surface area contributed by atoms with Gasteiger partial charge in [-0.1, -0.05) is 36.4 Å². The summed E-state index contributed by atoms with van der Waals surface area (Å²) in [5.74, 6) is 0.676. The van der Waals surface area contributed by atoms with Gasteiger partial charge in [-0.15, -0.1) is 0 Å². The molecule has 1 aliphatic rings. The molecule has 5 rings (SSSR count). The number of nitrogens with one attached hydrogen (secondary N) is 2. The SMILES string of the molecule is C[C@H](Nc1cnc2cnn(C)c2n1)c1cccc(NC(=O)N2CCc3ccccc3C2)c1. The monoisotopic (exact) mass is 427 g/mol. The predicted octanol–water partition coefficient (Wildman–Crippen LogP) is 4.13. The highest BCUT2D eigenvalue weighted by Crippen LogP contribution is 2.23. The Morgan fingerprint density at radius 2 is 1.94 bits per heavy atom. The quantitative estimate of drug-likeness (QED) is 0.511. The summed E-state index contributed by atoms with van der Waals surface area (Å²) in [5, 5.41) is 10.6. The Morgan fingerprint density at radius 1 is 1.09 bits per heavy atom. The molecule has 0 spiro atoms. The molecule has 3 heterocycles. The van der Waals surface area contributed by atoms with Crippen molar-refractivity contribution in [3.8, 4) is 0 Å². The lowest BCUT2D eigenvalue weighted by molar-refractivity contribution is 0.206. The number of carbonyl (C=O) groups is 1. The molecule has 1 aliphatic heterocycles. The number of benzene rings is 2. The zero-order chi connectivity index (χ0) is 22.1. The molecule has 162 valence electrons. The van der Waals surface area contributed by atoms with Gasteiger partial charge in [0.15, 0.2) is 5.65 Å². The van der Waals surface area contributed by atoms with Crippen LogP contribution in [0.25, 0.3) is 11.2 Å². The Hall–Kier alpha value is -3.94. The summed E-state index contributed by atoms with van der Waals surface area (Å²) in [6.45, 7) is 3.40. The molecule has 2 amide bonds. The summed E-state index contributed by atoms with van der Waals surface area (Å²) in [5.41, 5.74) is 5.84. The number of amides is 2.